The van der Waals surface area contributed by atoms with Crippen molar-refractivity contribution in [2.24, 2.45) is 0 Å². The van der Waals surface area contributed by atoms with Gasteiger partial charge in [0.15, 0.2) is 0 Å². The van der Waals surface area contributed by atoms with Gasteiger partial charge < -0.3 is 10.2 Å². The highest BCUT2D eigenvalue weighted by Gasteiger charge is 2.33. The van der Waals surface area contributed by atoms with E-state index in [9.17, 15) is 18.0 Å². The molecule has 0 heterocycles. The summed E-state index contributed by atoms with van der Waals surface area (Å²) >= 11 is 6.29. The molecule has 7 nitrogen and oxygen atoms in total. The van der Waals surface area contributed by atoms with E-state index < -0.39 is 28.5 Å². The number of carbonyl (C=O) groups is 2. The van der Waals surface area contributed by atoms with E-state index in [0.29, 0.717) is 16.3 Å². The summed E-state index contributed by atoms with van der Waals surface area (Å²) in [6.45, 7) is 7.05. The van der Waals surface area contributed by atoms with Crippen molar-refractivity contribution in [2.45, 2.75) is 52.7 Å². The van der Waals surface area contributed by atoms with Crippen LogP contribution in [0.4, 0.5) is 5.69 Å². The Bertz CT molecular complexity index is 1390. The van der Waals surface area contributed by atoms with Crippen molar-refractivity contribution < 1.29 is 18.0 Å². The highest BCUT2D eigenvalue weighted by molar-refractivity contribution is 7.92. The van der Waals surface area contributed by atoms with Crippen molar-refractivity contribution in [2.75, 3.05) is 17.1 Å². The maximum absolute atomic E-state index is 14.1. The number of hydrogen-bond acceptors (Lipinski definition) is 4. The molecule has 0 saturated heterocycles. The molecule has 0 unspecified atom stereocenters. The monoisotopic (exact) mass is 569 g/mol. The van der Waals surface area contributed by atoms with E-state index in [-0.39, 0.29) is 24.9 Å². The zero-order chi connectivity index (χ0) is 28.7. The topological polar surface area (TPSA) is 86.8 Å². The quantitative estimate of drug-likeness (QED) is 0.356. The summed E-state index contributed by atoms with van der Waals surface area (Å²) in [6.07, 6.45) is 1.32. The highest BCUT2D eigenvalue weighted by atomic mass is 35.5. The minimum absolute atomic E-state index is 0.133. The van der Waals surface area contributed by atoms with E-state index in [1.165, 1.54) is 4.90 Å². The predicted molar refractivity (Wildman–Crippen MR) is 157 cm³/mol. The first-order valence-corrected chi connectivity index (χ1v) is 15.0. The molecule has 0 radical (unpaired) electrons. The average molecular weight is 570 g/mol. The van der Waals surface area contributed by atoms with Crippen LogP contribution < -0.4 is 9.62 Å². The molecule has 39 heavy (non-hydrogen) atoms. The molecule has 0 aromatic heterocycles. The first-order chi connectivity index (χ1) is 18.4. The van der Waals surface area contributed by atoms with Crippen molar-refractivity contribution in [1.29, 1.82) is 0 Å². The first kappa shape index (κ1) is 30.2. The zero-order valence-electron chi connectivity index (χ0n) is 23.0. The lowest BCUT2D eigenvalue weighted by Crippen LogP contribution is -2.54. The minimum atomic E-state index is -3.86. The molecular formula is C30H36ClN3O4S. The summed E-state index contributed by atoms with van der Waals surface area (Å²) in [7, 11) is -3.86. The minimum Gasteiger partial charge on any atom is -0.352 e. The fourth-order valence-corrected chi connectivity index (χ4v) is 5.36. The number of halogens is 1. The average Bonchev–Trinajstić information content (AvgIpc) is 2.87. The highest BCUT2D eigenvalue weighted by Crippen LogP contribution is 2.28. The summed E-state index contributed by atoms with van der Waals surface area (Å²) in [4.78, 5) is 29.1. The Morgan fingerprint density at radius 2 is 1.54 bits per heavy atom. The zero-order valence-corrected chi connectivity index (χ0v) is 24.6. The second-order valence-corrected chi connectivity index (χ2v) is 12.3. The Labute approximate surface area is 236 Å². The molecule has 0 saturated carbocycles. The molecule has 0 fully saturated rings. The van der Waals surface area contributed by atoms with Gasteiger partial charge in [0.1, 0.15) is 12.6 Å². The summed E-state index contributed by atoms with van der Waals surface area (Å²) in [6, 6.07) is 21.1. The van der Waals surface area contributed by atoms with Crippen LogP contribution >= 0.6 is 11.6 Å². The first-order valence-electron chi connectivity index (χ1n) is 12.8. The van der Waals surface area contributed by atoms with Gasteiger partial charge in [0, 0.05) is 24.0 Å². The van der Waals surface area contributed by atoms with E-state index >= 15 is 0 Å². The molecule has 3 aromatic rings. The molecule has 0 bridgehead atoms. The Hall–Kier alpha value is -3.36. The molecule has 3 rings (SSSR count). The van der Waals surface area contributed by atoms with Crippen LogP contribution in [0.3, 0.4) is 0 Å². The Kier molecular flexibility index (Phi) is 10.2. The molecule has 1 N–H and O–H groups in total. The second kappa shape index (κ2) is 13.1. The van der Waals surface area contributed by atoms with Gasteiger partial charge in [0.25, 0.3) is 0 Å². The van der Waals surface area contributed by atoms with Crippen molar-refractivity contribution in [3.8, 4) is 0 Å². The smallest absolute Gasteiger partial charge is 0.244 e. The van der Waals surface area contributed by atoms with Crippen molar-refractivity contribution in [3.63, 3.8) is 0 Å². The van der Waals surface area contributed by atoms with E-state index in [0.717, 1.165) is 27.3 Å². The van der Waals surface area contributed by atoms with E-state index in [1.54, 1.807) is 25.1 Å². The van der Waals surface area contributed by atoms with Crippen LogP contribution in [-0.2, 0) is 32.6 Å². The van der Waals surface area contributed by atoms with Gasteiger partial charge in [-0.05, 0) is 56.5 Å². The molecule has 0 aliphatic rings. The number of carbonyl (C=O) groups excluding carboxylic acids is 2. The maximum Gasteiger partial charge on any atom is 0.244 e. The van der Waals surface area contributed by atoms with Crippen LogP contribution in [0.15, 0.2) is 72.8 Å². The summed E-state index contributed by atoms with van der Waals surface area (Å²) in [5.74, 6) is -0.806. The van der Waals surface area contributed by atoms with Crippen LogP contribution in [-0.4, -0.2) is 50.0 Å². The van der Waals surface area contributed by atoms with E-state index in [4.69, 9.17) is 11.6 Å². The van der Waals surface area contributed by atoms with Crippen LogP contribution in [0.1, 0.15) is 36.1 Å². The lowest BCUT2D eigenvalue weighted by molar-refractivity contribution is -0.140. The van der Waals surface area contributed by atoms with Crippen LogP contribution in [0.5, 0.6) is 0 Å². The molecule has 2 amide bonds. The fraction of sp³-hybridized carbons (Fsp3) is 0.333. The Morgan fingerprint density at radius 1 is 0.897 bits per heavy atom. The van der Waals surface area contributed by atoms with Gasteiger partial charge in [-0.15, -0.1) is 0 Å². The Balaban J connectivity index is 2.07. The lowest BCUT2D eigenvalue weighted by atomic mass is 10.0. The molecule has 208 valence electrons. The molecule has 3 aromatic carbocycles. The number of anilines is 1. The lowest BCUT2D eigenvalue weighted by Gasteiger charge is -2.34. The van der Waals surface area contributed by atoms with E-state index in [1.807, 2.05) is 75.4 Å². The van der Waals surface area contributed by atoms with Gasteiger partial charge >= 0.3 is 0 Å². The van der Waals surface area contributed by atoms with Crippen molar-refractivity contribution in [3.05, 3.63) is 100 Å². The number of rotatable bonds is 11. The third-order valence-corrected chi connectivity index (χ3v) is 7.90. The molecule has 0 aliphatic carbocycles. The van der Waals surface area contributed by atoms with Gasteiger partial charge in [-0.3, -0.25) is 13.9 Å². The van der Waals surface area contributed by atoms with Crippen LogP contribution in [0, 0.1) is 13.8 Å². The fourth-order valence-electron chi connectivity index (χ4n) is 4.29. The number of sulfonamides is 1. The third kappa shape index (κ3) is 8.31. The number of nitrogens with one attached hydrogen (secondary N) is 1. The number of amides is 2. The van der Waals surface area contributed by atoms with Gasteiger partial charge in [0.2, 0.25) is 21.8 Å². The maximum atomic E-state index is 14.1. The molecule has 1 atom stereocenters. The standard InChI is InChI=1S/C30H36ClN3O4S/c1-21(2)32-30(36)28(18-24-10-7-6-8-11-24)33(19-25-16-14-22(3)15-17-25)29(35)20-34(39(5,37)38)27-13-9-12-26(31)23(27)4/h6-17,21,28H,18-20H2,1-5H3,(H,32,36)/t28-/m1/s1. The van der Waals surface area contributed by atoms with Crippen LogP contribution in [0.25, 0.3) is 0 Å². The van der Waals surface area contributed by atoms with E-state index in [2.05, 4.69) is 5.32 Å². The number of benzene rings is 3. The Morgan fingerprint density at radius 3 is 2.13 bits per heavy atom. The molecule has 0 aliphatic heterocycles. The molecule has 9 heteroatoms. The summed E-state index contributed by atoms with van der Waals surface area (Å²) in [5.41, 5.74) is 3.64. The van der Waals surface area contributed by atoms with Crippen molar-refractivity contribution >= 4 is 39.1 Å². The molecule has 0 spiro atoms. The summed E-state index contributed by atoms with van der Waals surface area (Å²) in [5, 5.41) is 3.34. The molecular weight excluding hydrogens is 534 g/mol. The summed E-state index contributed by atoms with van der Waals surface area (Å²) < 4.78 is 26.9. The number of aryl methyl sites for hydroxylation is 1. The predicted octanol–water partition coefficient (Wildman–Crippen LogP) is 4.89. The number of hydrogen-bond donors (Lipinski definition) is 1. The second-order valence-electron chi connectivity index (χ2n) is 10.0. The largest absolute Gasteiger partial charge is 0.352 e. The van der Waals surface area contributed by atoms with Gasteiger partial charge in [-0.1, -0.05) is 77.8 Å². The normalized spacial score (nSPS) is 12.2. The van der Waals surface area contributed by atoms with Gasteiger partial charge in [-0.2, -0.15) is 0 Å². The third-order valence-electron chi connectivity index (χ3n) is 6.36. The van der Waals surface area contributed by atoms with Crippen LogP contribution in [0.2, 0.25) is 5.02 Å². The SMILES string of the molecule is Cc1ccc(CN(C(=O)CN(c2cccc(Cl)c2C)S(C)(=O)=O)[C@H](Cc2ccccc2)C(=O)NC(C)C)cc1. The number of nitrogens with zero attached hydrogens (tertiary/aromatic N) is 2. The van der Waals surface area contributed by atoms with Crippen molar-refractivity contribution in [1.82, 2.24) is 10.2 Å². The van der Waals surface area contributed by atoms with Gasteiger partial charge in [-0.25, -0.2) is 8.42 Å². The van der Waals surface area contributed by atoms with Gasteiger partial charge in [0.05, 0.1) is 11.9 Å².